The number of thiophene rings is 1. The third-order valence-corrected chi connectivity index (χ3v) is 5.15. The highest BCUT2D eigenvalue weighted by Gasteiger charge is 2.20. The van der Waals surface area contributed by atoms with E-state index >= 15 is 0 Å². The minimum Gasteiger partial charge on any atom is -0.419 e. The molecule has 2 heterocycles. The Morgan fingerprint density at radius 1 is 1.28 bits per heavy atom. The maximum absolute atomic E-state index is 10.7. The van der Waals surface area contributed by atoms with Gasteiger partial charge in [-0.2, -0.15) is 0 Å². The summed E-state index contributed by atoms with van der Waals surface area (Å²) in [7, 11) is 2.01. The van der Waals surface area contributed by atoms with E-state index in [2.05, 4.69) is 33.5 Å². The monoisotopic (exact) mass is 358 g/mol. The van der Waals surface area contributed by atoms with Crippen molar-refractivity contribution in [2.24, 2.45) is 0 Å². The average Bonchev–Trinajstić information content (AvgIpc) is 3.24. The summed E-state index contributed by atoms with van der Waals surface area (Å²) in [6.45, 7) is 4.92. The summed E-state index contributed by atoms with van der Waals surface area (Å²) in [6, 6.07) is 8.14. The lowest BCUT2D eigenvalue weighted by Gasteiger charge is -2.21. The molecule has 1 atom stereocenters. The highest BCUT2D eigenvalue weighted by Crippen LogP contribution is 2.27. The molecule has 130 valence electrons. The summed E-state index contributed by atoms with van der Waals surface area (Å²) >= 11 is 1.73. The maximum atomic E-state index is 10.7. The quantitative estimate of drug-likeness (QED) is 0.485. The van der Waals surface area contributed by atoms with Gasteiger partial charge in [-0.1, -0.05) is 0 Å². The smallest absolute Gasteiger partial charge is 0.269 e. The zero-order chi connectivity index (χ0) is 18.0. The molecule has 0 saturated carbocycles. The Bertz CT molecular complexity index is 872. The van der Waals surface area contributed by atoms with Crippen LogP contribution in [0.25, 0.3) is 11.5 Å². The SMILES string of the molecule is Cc1ccsc1CN(C)[C@H](C)c1nnc(-c2ccc([N+](=O)[O-])cc2)o1. The molecule has 2 aromatic heterocycles. The van der Waals surface area contributed by atoms with E-state index in [4.69, 9.17) is 4.42 Å². The topological polar surface area (TPSA) is 85.3 Å². The van der Waals surface area contributed by atoms with Crippen LogP contribution in [0.3, 0.4) is 0 Å². The Kier molecular flexibility index (Phi) is 4.91. The Hall–Kier alpha value is -2.58. The predicted octanol–water partition coefficient (Wildman–Crippen LogP) is 4.21. The van der Waals surface area contributed by atoms with Crippen molar-refractivity contribution in [3.63, 3.8) is 0 Å². The predicted molar refractivity (Wildman–Crippen MR) is 95.3 cm³/mol. The van der Waals surface area contributed by atoms with E-state index in [0.717, 1.165) is 6.54 Å². The molecular weight excluding hydrogens is 340 g/mol. The minimum absolute atomic E-state index is 0.0305. The first-order valence-electron chi connectivity index (χ1n) is 7.77. The third-order valence-electron chi connectivity index (χ3n) is 4.15. The number of hydrogen-bond donors (Lipinski definition) is 0. The summed E-state index contributed by atoms with van der Waals surface area (Å²) in [5, 5.41) is 21.0. The van der Waals surface area contributed by atoms with E-state index in [9.17, 15) is 10.1 Å². The highest BCUT2D eigenvalue weighted by atomic mass is 32.1. The number of aryl methyl sites for hydroxylation is 1. The first kappa shape index (κ1) is 17.2. The van der Waals surface area contributed by atoms with Crippen molar-refractivity contribution in [3.05, 3.63) is 62.2 Å². The van der Waals surface area contributed by atoms with Crippen molar-refractivity contribution in [2.45, 2.75) is 26.4 Å². The van der Waals surface area contributed by atoms with Gasteiger partial charge in [0.2, 0.25) is 11.8 Å². The van der Waals surface area contributed by atoms with Crippen molar-refractivity contribution in [3.8, 4) is 11.5 Å². The lowest BCUT2D eigenvalue weighted by atomic mass is 10.2. The van der Waals surface area contributed by atoms with Gasteiger partial charge in [0.25, 0.3) is 5.69 Å². The molecule has 0 unspecified atom stereocenters. The van der Waals surface area contributed by atoms with Gasteiger partial charge >= 0.3 is 0 Å². The molecule has 0 saturated heterocycles. The second kappa shape index (κ2) is 7.12. The first-order valence-corrected chi connectivity index (χ1v) is 8.65. The van der Waals surface area contributed by atoms with Crippen LogP contribution in [-0.2, 0) is 6.54 Å². The van der Waals surface area contributed by atoms with Gasteiger partial charge < -0.3 is 4.42 Å². The fourth-order valence-corrected chi connectivity index (χ4v) is 3.33. The van der Waals surface area contributed by atoms with E-state index in [1.807, 2.05) is 14.0 Å². The fourth-order valence-electron chi connectivity index (χ4n) is 2.36. The van der Waals surface area contributed by atoms with Gasteiger partial charge in [0, 0.05) is 29.1 Å². The van der Waals surface area contributed by atoms with Gasteiger partial charge in [-0.15, -0.1) is 21.5 Å². The normalized spacial score (nSPS) is 12.5. The first-order chi connectivity index (χ1) is 12.0. The number of hydrogen-bond acceptors (Lipinski definition) is 7. The summed E-state index contributed by atoms with van der Waals surface area (Å²) < 4.78 is 5.77. The molecule has 0 aliphatic rings. The molecule has 0 aliphatic carbocycles. The molecule has 3 rings (SSSR count). The Morgan fingerprint density at radius 2 is 2.00 bits per heavy atom. The molecule has 25 heavy (non-hydrogen) atoms. The van der Waals surface area contributed by atoms with Gasteiger partial charge in [0.1, 0.15) is 0 Å². The van der Waals surface area contributed by atoms with Crippen LogP contribution in [0.1, 0.15) is 29.3 Å². The van der Waals surface area contributed by atoms with E-state index in [0.29, 0.717) is 17.3 Å². The van der Waals surface area contributed by atoms with Gasteiger partial charge in [-0.05, 0) is 50.0 Å². The molecule has 7 nitrogen and oxygen atoms in total. The third kappa shape index (κ3) is 3.75. The molecule has 3 aromatic rings. The van der Waals surface area contributed by atoms with Gasteiger partial charge in [-0.25, -0.2) is 0 Å². The Morgan fingerprint density at radius 3 is 2.60 bits per heavy atom. The lowest BCUT2D eigenvalue weighted by molar-refractivity contribution is -0.384. The second-order valence-corrected chi connectivity index (χ2v) is 6.87. The Balaban J connectivity index is 1.73. The Labute approximate surface area is 149 Å². The number of nitro benzene ring substituents is 1. The van der Waals surface area contributed by atoms with Crippen LogP contribution in [0.2, 0.25) is 0 Å². The lowest BCUT2D eigenvalue weighted by Crippen LogP contribution is -2.22. The van der Waals surface area contributed by atoms with E-state index in [1.54, 1.807) is 23.5 Å². The van der Waals surface area contributed by atoms with Crippen molar-refractivity contribution in [1.29, 1.82) is 0 Å². The maximum Gasteiger partial charge on any atom is 0.269 e. The zero-order valence-corrected chi connectivity index (χ0v) is 15.0. The number of non-ortho nitro benzene ring substituents is 1. The average molecular weight is 358 g/mol. The molecule has 8 heteroatoms. The van der Waals surface area contributed by atoms with E-state index in [-0.39, 0.29) is 11.7 Å². The highest BCUT2D eigenvalue weighted by molar-refractivity contribution is 7.10. The number of nitrogens with zero attached hydrogens (tertiary/aromatic N) is 4. The number of rotatable bonds is 6. The van der Waals surface area contributed by atoms with Crippen molar-refractivity contribution in [2.75, 3.05) is 7.05 Å². The van der Waals surface area contributed by atoms with Crippen molar-refractivity contribution in [1.82, 2.24) is 15.1 Å². The molecule has 0 amide bonds. The van der Waals surface area contributed by atoms with Crippen LogP contribution in [0.4, 0.5) is 5.69 Å². The van der Waals surface area contributed by atoms with Crippen LogP contribution < -0.4 is 0 Å². The number of aromatic nitrogens is 2. The molecule has 0 spiro atoms. The van der Waals surface area contributed by atoms with Gasteiger partial charge in [-0.3, -0.25) is 15.0 Å². The van der Waals surface area contributed by atoms with Gasteiger partial charge in [0.05, 0.1) is 11.0 Å². The summed E-state index contributed by atoms with van der Waals surface area (Å²) in [6.07, 6.45) is 0. The van der Waals surface area contributed by atoms with Crippen molar-refractivity contribution >= 4 is 17.0 Å². The summed E-state index contributed by atoms with van der Waals surface area (Å²) in [5.74, 6) is 0.877. The summed E-state index contributed by atoms with van der Waals surface area (Å²) in [5.41, 5.74) is 1.97. The molecule has 1 aromatic carbocycles. The number of benzene rings is 1. The van der Waals surface area contributed by atoms with Crippen LogP contribution in [0.15, 0.2) is 40.1 Å². The number of nitro groups is 1. The minimum atomic E-state index is -0.438. The molecule has 0 fully saturated rings. The molecule has 0 bridgehead atoms. The molecule has 0 radical (unpaired) electrons. The van der Waals surface area contributed by atoms with Crippen LogP contribution in [0, 0.1) is 17.0 Å². The summed E-state index contributed by atoms with van der Waals surface area (Å²) in [4.78, 5) is 13.7. The van der Waals surface area contributed by atoms with Gasteiger partial charge in [0.15, 0.2) is 0 Å². The second-order valence-electron chi connectivity index (χ2n) is 5.87. The standard InChI is InChI=1S/C17H18N4O3S/c1-11-8-9-25-15(11)10-20(3)12(2)16-18-19-17(24-16)13-4-6-14(7-5-13)21(22)23/h4-9,12H,10H2,1-3H3/t12-/m1/s1. The van der Waals surface area contributed by atoms with Crippen molar-refractivity contribution < 1.29 is 9.34 Å². The zero-order valence-electron chi connectivity index (χ0n) is 14.2. The van der Waals surface area contributed by atoms with Crippen LogP contribution >= 0.6 is 11.3 Å². The van der Waals surface area contributed by atoms with E-state index in [1.165, 1.54) is 22.6 Å². The largest absolute Gasteiger partial charge is 0.419 e. The van der Waals surface area contributed by atoms with Crippen LogP contribution in [-0.4, -0.2) is 27.1 Å². The van der Waals surface area contributed by atoms with Crippen LogP contribution in [0.5, 0.6) is 0 Å². The van der Waals surface area contributed by atoms with E-state index < -0.39 is 4.92 Å². The molecular formula is C17H18N4O3S. The fraction of sp³-hybridized carbons (Fsp3) is 0.294. The molecule has 0 N–H and O–H groups in total. The molecule has 0 aliphatic heterocycles.